The average molecular weight is 223 g/mol. The van der Waals surface area contributed by atoms with Crippen LogP contribution in [0.1, 0.15) is 5.56 Å². The molecule has 0 N–H and O–H groups in total. The van der Waals surface area contributed by atoms with Crippen molar-refractivity contribution < 1.29 is 9.47 Å². The molecule has 1 aliphatic rings. The van der Waals surface area contributed by atoms with E-state index in [1.807, 2.05) is 36.4 Å². The molecule has 0 radical (unpaired) electrons. The van der Waals surface area contributed by atoms with Gasteiger partial charge in [-0.15, -0.1) is 0 Å². The summed E-state index contributed by atoms with van der Waals surface area (Å²) in [6, 6.07) is 15.6. The van der Waals surface area contributed by atoms with E-state index in [0.717, 1.165) is 11.1 Å². The van der Waals surface area contributed by atoms with Gasteiger partial charge in [0.25, 0.3) is 0 Å². The van der Waals surface area contributed by atoms with Crippen LogP contribution in [0.5, 0.6) is 11.5 Å². The number of hydrogen-bond acceptors (Lipinski definition) is 3. The Hall–Kier alpha value is -2.47. The maximum absolute atomic E-state index is 9.16. The van der Waals surface area contributed by atoms with Gasteiger partial charge in [0.1, 0.15) is 0 Å². The molecule has 2 aromatic carbocycles. The Morgan fingerprint density at radius 1 is 1.00 bits per heavy atom. The number of ether oxygens (including phenoxy) is 2. The number of hydrogen-bond donors (Lipinski definition) is 0. The lowest BCUT2D eigenvalue weighted by Gasteiger charge is -2.05. The molecule has 17 heavy (non-hydrogen) atoms. The van der Waals surface area contributed by atoms with Crippen LogP contribution in [0.4, 0.5) is 0 Å². The lowest BCUT2D eigenvalue weighted by molar-refractivity contribution is 0.174. The summed E-state index contributed by atoms with van der Waals surface area (Å²) < 4.78 is 10.6. The maximum Gasteiger partial charge on any atom is 0.231 e. The SMILES string of the molecule is N#Cc1cc2c(cc1-c1ccccc1)OCO2. The van der Waals surface area contributed by atoms with E-state index < -0.39 is 0 Å². The molecule has 3 rings (SSSR count). The van der Waals surface area contributed by atoms with Crippen molar-refractivity contribution >= 4 is 0 Å². The predicted octanol–water partition coefficient (Wildman–Crippen LogP) is 2.95. The van der Waals surface area contributed by atoms with Gasteiger partial charge in [-0.1, -0.05) is 30.3 Å². The second-order valence-electron chi connectivity index (χ2n) is 3.73. The predicted molar refractivity (Wildman–Crippen MR) is 62.7 cm³/mol. The van der Waals surface area contributed by atoms with E-state index >= 15 is 0 Å². The Kier molecular flexibility index (Phi) is 2.20. The Balaban J connectivity index is 2.20. The van der Waals surface area contributed by atoms with Crippen LogP contribution < -0.4 is 9.47 Å². The largest absolute Gasteiger partial charge is 0.454 e. The van der Waals surface area contributed by atoms with Gasteiger partial charge in [-0.25, -0.2) is 0 Å². The molecule has 0 fully saturated rings. The van der Waals surface area contributed by atoms with Gasteiger partial charge in [-0.05, 0) is 11.6 Å². The third-order valence-corrected chi connectivity index (χ3v) is 2.72. The number of fused-ring (bicyclic) bond motifs is 1. The van der Waals surface area contributed by atoms with Gasteiger partial charge in [0, 0.05) is 11.6 Å². The third-order valence-electron chi connectivity index (χ3n) is 2.72. The normalized spacial score (nSPS) is 12.2. The van der Waals surface area contributed by atoms with Gasteiger partial charge in [0.05, 0.1) is 11.6 Å². The van der Waals surface area contributed by atoms with Crippen molar-refractivity contribution in [1.29, 1.82) is 5.26 Å². The fourth-order valence-corrected chi connectivity index (χ4v) is 1.89. The highest BCUT2D eigenvalue weighted by atomic mass is 16.7. The summed E-state index contributed by atoms with van der Waals surface area (Å²) >= 11 is 0. The topological polar surface area (TPSA) is 42.2 Å². The van der Waals surface area contributed by atoms with E-state index in [9.17, 15) is 0 Å². The van der Waals surface area contributed by atoms with Gasteiger partial charge in [-0.2, -0.15) is 5.26 Å². The average Bonchev–Trinajstić information content (AvgIpc) is 2.85. The van der Waals surface area contributed by atoms with Crippen molar-refractivity contribution in [3.05, 3.63) is 48.0 Å². The molecule has 1 heterocycles. The fourth-order valence-electron chi connectivity index (χ4n) is 1.89. The van der Waals surface area contributed by atoms with E-state index in [2.05, 4.69) is 6.07 Å². The highest BCUT2D eigenvalue weighted by Crippen LogP contribution is 2.38. The summed E-state index contributed by atoms with van der Waals surface area (Å²) in [5.41, 5.74) is 2.47. The Labute approximate surface area is 98.8 Å². The molecule has 0 saturated heterocycles. The molecule has 2 aromatic rings. The van der Waals surface area contributed by atoms with E-state index in [4.69, 9.17) is 14.7 Å². The quantitative estimate of drug-likeness (QED) is 0.746. The van der Waals surface area contributed by atoms with Crippen LogP contribution in [-0.2, 0) is 0 Å². The minimum Gasteiger partial charge on any atom is -0.454 e. The van der Waals surface area contributed by atoms with Crippen LogP contribution in [0, 0.1) is 11.3 Å². The zero-order chi connectivity index (χ0) is 11.7. The first-order valence-corrected chi connectivity index (χ1v) is 5.27. The minimum atomic E-state index is 0.221. The zero-order valence-corrected chi connectivity index (χ0v) is 9.01. The Morgan fingerprint density at radius 3 is 2.41 bits per heavy atom. The molecular weight excluding hydrogens is 214 g/mol. The van der Waals surface area contributed by atoms with E-state index in [1.165, 1.54) is 0 Å². The van der Waals surface area contributed by atoms with E-state index in [-0.39, 0.29) is 6.79 Å². The third kappa shape index (κ3) is 1.60. The molecule has 0 atom stereocenters. The number of nitriles is 1. The lowest BCUT2D eigenvalue weighted by Crippen LogP contribution is -1.92. The first-order chi connectivity index (χ1) is 8.38. The van der Waals surface area contributed by atoms with Crippen LogP contribution in [0.15, 0.2) is 42.5 Å². The fraction of sp³-hybridized carbons (Fsp3) is 0.0714. The van der Waals surface area contributed by atoms with Gasteiger partial charge >= 0.3 is 0 Å². The van der Waals surface area contributed by atoms with Gasteiger partial charge < -0.3 is 9.47 Å². The summed E-state index contributed by atoms with van der Waals surface area (Å²) in [6.45, 7) is 0.221. The van der Waals surface area contributed by atoms with Crippen LogP contribution in [0.2, 0.25) is 0 Å². The second-order valence-corrected chi connectivity index (χ2v) is 3.73. The Bertz CT molecular complexity index is 600. The van der Waals surface area contributed by atoms with Gasteiger partial charge in [0.2, 0.25) is 6.79 Å². The molecule has 0 aromatic heterocycles. The first-order valence-electron chi connectivity index (χ1n) is 5.27. The van der Waals surface area contributed by atoms with Crippen molar-refractivity contribution in [2.24, 2.45) is 0 Å². The zero-order valence-electron chi connectivity index (χ0n) is 9.01. The van der Waals surface area contributed by atoms with Crippen molar-refractivity contribution in [3.63, 3.8) is 0 Å². The van der Waals surface area contributed by atoms with Crippen molar-refractivity contribution in [1.82, 2.24) is 0 Å². The molecule has 3 heteroatoms. The summed E-state index contributed by atoms with van der Waals surface area (Å²) in [5.74, 6) is 1.34. The molecule has 1 aliphatic heterocycles. The van der Waals surface area contributed by atoms with E-state index in [1.54, 1.807) is 6.07 Å². The maximum atomic E-state index is 9.16. The molecule has 0 bridgehead atoms. The van der Waals surface area contributed by atoms with Gasteiger partial charge in [0.15, 0.2) is 11.5 Å². The van der Waals surface area contributed by atoms with Crippen LogP contribution in [0.25, 0.3) is 11.1 Å². The Morgan fingerprint density at radius 2 is 1.71 bits per heavy atom. The molecule has 0 unspecified atom stereocenters. The summed E-state index contributed by atoms with van der Waals surface area (Å²) in [7, 11) is 0. The molecule has 0 spiro atoms. The first kappa shape index (κ1) is 9.73. The van der Waals surface area contributed by atoms with Crippen LogP contribution in [-0.4, -0.2) is 6.79 Å². The highest BCUT2D eigenvalue weighted by molar-refractivity contribution is 5.74. The minimum absolute atomic E-state index is 0.221. The number of benzene rings is 2. The van der Waals surface area contributed by atoms with Crippen LogP contribution >= 0.6 is 0 Å². The number of nitrogens with zero attached hydrogens (tertiary/aromatic N) is 1. The van der Waals surface area contributed by atoms with Crippen LogP contribution in [0.3, 0.4) is 0 Å². The standard InChI is InChI=1S/C14H9NO2/c15-8-11-6-13-14(17-9-16-13)7-12(11)10-4-2-1-3-5-10/h1-7H,9H2. The van der Waals surface area contributed by atoms with Crippen molar-refractivity contribution in [3.8, 4) is 28.7 Å². The molecule has 3 nitrogen and oxygen atoms in total. The molecule has 0 amide bonds. The van der Waals surface area contributed by atoms with Crippen molar-refractivity contribution in [2.75, 3.05) is 6.79 Å². The smallest absolute Gasteiger partial charge is 0.231 e. The molecule has 0 aliphatic carbocycles. The summed E-state index contributed by atoms with van der Waals surface area (Å²) in [5, 5.41) is 9.16. The number of rotatable bonds is 1. The second kappa shape index (κ2) is 3.84. The lowest BCUT2D eigenvalue weighted by atomic mass is 10.00. The summed E-state index contributed by atoms with van der Waals surface area (Å²) in [6.07, 6.45) is 0. The van der Waals surface area contributed by atoms with E-state index in [0.29, 0.717) is 17.1 Å². The monoisotopic (exact) mass is 223 g/mol. The van der Waals surface area contributed by atoms with Crippen molar-refractivity contribution in [2.45, 2.75) is 0 Å². The highest BCUT2D eigenvalue weighted by Gasteiger charge is 2.17. The molecule has 82 valence electrons. The molecular formula is C14H9NO2. The molecule has 0 saturated carbocycles. The summed E-state index contributed by atoms with van der Waals surface area (Å²) in [4.78, 5) is 0. The van der Waals surface area contributed by atoms with Gasteiger partial charge in [-0.3, -0.25) is 0 Å².